The first kappa shape index (κ1) is 77.0. The summed E-state index contributed by atoms with van der Waals surface area (Å²) in [6.07, 6.45) is 0. The fourth-order valence-electron chi connectivity index (χ4n) is 19.8. The number of rotatable bonds is 14. The molecule has 0 radical (unpaired) electrons. The number of hydrogen-bond acceptors (Lipinski definition) is 2. The summed E-state index contributed by atoms with van der Waals surface area (Å²) in [6, 6.07) is 156. The maximum atomic E-state index is 2.42. The predicted octanol–water partition coefficient (Wildman–Crippen LogP) is 34.0. The van der Waals surface area contributed by atoms with Gasteiger partial charge in [0.05, 0.1) is 27.8 Å². The van der Waals surface area contributed by atoms with Crippen LogP contribution in [0.5, 0.6) is 0 Å². The van der Waals surface area contributed by atoms with E-state index in [0.29, 0.717) is 0 Å². The molecule has 20 aromatic carbocycles. The first-order valence-corrected chi connectivity index (χ1v) is 43.6. The average Bonchev–Trinajstić information content (AvgIpc) is 0.959. The first-order chi connectivity index (χ1) is 61.2. The number of aromatic nitrogens is 2. The molecule has 0 saturated heterocycles. The van der Waals surface area contributed by atoms with Gasteiger partial charge in [0.1, 0.15) is 0 Å². The summed E-state index contributed by atoms with van der Waals surface area (Å²) < 4.78 is 4.84. The highest BCUT2D eigenvalue weighted by Crippen LogP contribution is 2.50. The van der Waals surface area contributed by atoms with Crippen LogP contribution >= 0.6 is 0 Å². The van der Waals surface area contributed by atoms with Gasteiger partial charge >= 0.3 is 0 Å². The lowest BCUT2D eigenvalue weighted by molar-refractivity contribution is 0.590. The predicted molar refractivity (Wildman–Crippen MR) is 536 cm³/mol. The minimum Gasteiger partial charge on any atom is -0.310 e. The van der Waals surface area contributed by atoms with Gasteiger partial charge in [-0.15, -0.1) is 0 Å². The zero-order chi connectivity index (χ0) is 84.6. The summed E-state index contributed by atoms with van der Waals surface area (Å²) >= 11 is 0. The van der Waals surface area contributed by atoms with E-state index < -0.39 is 0 Å². The Hall–Kier alpha value is -15.4. The number of aryl methyl sites for hydroxylation is 5. The second-order valence-corrected chi connectivity index (χ2v) is 34.6. The first-order valence-electron chi connectivity index (χ1n) is 43.6. The van der Waals surface area contributed by atoms with E-state index in [1.165, 1.54) is 193 Å². The Bertz CT molecular complexity index is 7730. The minimum absolute atomic E-state index is 0.129. The highest BCUT2D eigenvalue weighted by Gasteiger charge is 2.25. The van der Waals surface area contributed by atoms with Gasteiger partial charge in [-0.05, 0) is 292 Å². The van der Waals surface area contributed by atoms with Crippen LogP contribution in [0.3, 0.4) is 0 Å². The molecule has 2 heterocycles. The van der Waals surface area contributed by atoms with E-state index in [1.807, 2.05) is 0 Å². The monoisotopic (exact) mass is 1600 g/mol. The van der Waals surface area contributed by atoms with E-state index in [9.17, 15) is 0 Å². The molecule has 0 aliphatic carbocycles. The van der Waals surface area contributed by atoms with Crippen molar-refractivity contribution >= 4 is 121 Å². The van der Waals surface area contributed by atoms with Crippen molar-refractivity contribution in [3.8, 4) is 78.1 Å². The fourth-order valence-corrected chi connectivity index (χ4v) is 19.8. The van der Waals surface area contributed by atoms with Crippen LogP contribution in [0.4, 0.5) is 34.1 Å². The Morgan fingerprint density at radius 3 is 0.896 bits per heavy atom. The molecule has 0 spiro atoms. The lowest BCUT2D eigenvalue weighted by Crippen LogP contribution is -2.12. The topological polar surface area (TPSA) is 16.3 Å². The van der Waals surface area contributed by atoms with Crippen molar-refractivity contribution in [1.29, 1.82) is 0 Å². The molecule has 22 aromatic rings. The van der Waals surface area contributed by atoms with E-state index in [2.05, 4.69) is 499 Å². The third kappa shape index (κ3) is 13.9. The van der Waals surface area contributed by atoms with E-state index in [-0.39, 0.29) is 5.41 Å². The molecule has 0 aliphatic heterocycles. The molecular weight excluding hydrogens is 1510 g/mol. The molecule has 4 heteroatoms. The van der Waals surface area contributed by atoms with Gasteiger partial charge in [0.15, 0.2) is 0 Å². The molecule has 0 bridgehead atoms. The largest absolute Gasteiger partial charge is 0.310 e. The lowest BCUT2D eigenvalue weighted by atomic mass is 9.85. The summed E-state index contributed by atoms with van der Waals surface area (Å²) in [6.45, 7) is 17.7. The Labute approximate surface area is 731 Å². The standard InChI is InChI=1S/C62H50N2.C59H44N2/c1-41-16-15-17-42(2)61(41)63(48-18-7-6-8-19-48)50-38-39-58-56(40-50)51-20-13-14-25-57(51)64(58)49-36-32-46(33-37-49)60-54-23-11-9-21-52(54)59(53-22-10-12-24-55(53)60)45-28-26-43(27-29-45)44-30-34-47(35-31-44)62(3,4)5;1-39-35-40(2)37-48(36-39)60(45-16-5-4-6-17-45)47-33-34-57-55(38-47)50-19-13-14-24-56(50)61(57)46-31-29-44(30-32-46)59-53-22-11-9-20-51(53)58(52-21-10-12-23-54(52)59)43-27-25-42(26-28-43)49-18-8-7-15-41(49)3/h6-40H,1-5H3;4-38H,1-3H3. The highest BCUT2D eigenvalue weighted by molar-refractivity contribution is 6.23. The van der Waals surface area contributed by atoms with Crippen LogP contribution < -0.4 is 9.80 Å². The second-order valence-electron chi connectivity index (χ2n) is 34.6. The molecule has 0 atom stereocenters. The molecule has 4 nitrogen and oxygen atoms in total. The third-order valence-electron chi connectivity index (χ3n) is 25.6. The summed E-state index contributed by atoms with van der Waals surface area (Å²) in [4.78, 5) is 4.79. The Balaban J connectivity index is 0.000000153. The smallest absolute Gasteiger partial charge is 0.0542 e. The van der Waals surface area contributed by atoms with Gasteiger partial charge < -0.3 is 18.9 Å². The molecule has 0 fully saturated rings. The van der Waals surface area contributed by atoms with Crippen LogP contribution in [0, 0.1) is 34.6 Å². The summed E-state index contributed by atoms with van der Waals surface area (Å²) in [5.74, 6) is 0. The molecular formula is C121H94N4. The molecule has 598 valence electrons. The van der Waals surface area contributed by atoms with E-state index in [0.717, 1.165) is 39.8 Å². The third-order valence-corrected chi connectivity index (χ3v) is 25.6. The van der Waals surface area contributed by atoms with Gasteiger partial charge in [0.2, 0.25) is 0 Å². The van der Waals surface area contributed by atoms with Gasteiger partial charge in [-0.1, -0.05) is 336 Å². The van der Waals surface area contributed by atoms with Crippen molar-refractivity contribution in [2.75, 3.05) is 9.80 Å². The van der Waals surface area contributed by atoms with E-state index in [1.54, 1.807) is 0 Å². The van der Waals surface area contributed by atoms with Gasteiger partial charge in [0.25, 0.3) is 0 Å². The minimum atomic E-state index is 0.129. The van der Waals surface area contributed by atoms with Crippen LogP contribution in [0.15, 0.2) is 425 Å². The molecule has 0 saturated carbocycles. The van der Waals surface area contributed by atoms with Crippen molar-refractivity contribution in [1.82, 2.24) is 9.13 Å². The van der Waals surface area contributed by atoms with Gasteiger partial charge in [-0.25, -0.2) is 0 Å². The van der Waals surface area contributed by atoms with E-state index >= 15 is 0 Å². The normalized spacial score (nSPS) is 11.7. The van der Waals surface area contributed by atoms with Crippen LogP contribution in [0.1, 0.15) is 54.2 Å². The van der Waals surface area contributed by atoms with Crippen LogP contribution in [0.25, 0.3) is 165 Å². The zero-order valence-corrected chi connectivity index (χ0v) is 71.7. The van der Waals surface area contributed by atoms with Gasteiger partial charge in [-0.3, -0.25) is 0 Å². The van der Waals surface area contributed by atoms with Crippen LogP contribution in [-0.2, 0) is 5.41 Å². The molecule has 125 heavy (non-hydrogen) atoms. The van der Waals surface area contributed by atoms with E-state index in [4.69, 9.17) is 0 Å². The quantitative estimate of drug-likeness (QED) is 0.101. The molecule has 22 rings (SSSR count). The number of anilines is 6. The summed E-state index contributed by atoms with van der Waals surface area (Å²) in [7, 11) is 0. The number of nitrogens with zero attached hydrogens (tertiary/aromatic N) is 4. The highest BCUT2D eigenvalue weighted by atomic mass is 15.2. The van der Waals surface area contributed by atoms with Gasteiger partial charge in [-0.2, -0.15) is 0 Å². The summed E-state index contributed by atoms with van der Waals surface area (Å²) in [5.41, 5.74) is 36.6. The van der Waals surface area contributed by atoms with Gasteiger partial charge in [0, 0.05) is 61.4 Å². The number of para-hydroxylation sites is 5. The number of hydrogen-bond donors (Lipinski definition) is 0. The van der Waals surface area contributed by atoms with Crippen molar-refractivity contribution in [3.63, 3.8) is 0 Å². The number of fused-ring (bicyclic) bond motifs is 10. The zero-order valence-electron chi connectivity index (χ0n) is 71.7. The average molecular weight is 1600 g/mol. The maximum absolute atomic E-state index is 2.42. The van der Waals surface area contributed by atoms with Crippen molar-refractivity contribution in [2.45, 2.75) is 60.8 Å². The molecule has 0 amide bonds. The Kier molecular flexibility index (Phi) is 19.7. The van der Waals surface area contributed by atoms with Crippen LogP contribution in [-0.4, -0.2) is 9.13 Å². The molecule has 0 N–H and O–H groups in total. The maximum Gasteiger partial charge on any atom is 0.0542 e. The Morgan fingerprint density at radius 2 is 0.504 bits per heavy atom. The second kappa shape index (κ2) is 31.9. The lowest BCUT2D eigenvalue weighted by Gasteiger charge is -2.28. The number of benzene rings is 20. The Morgan fingerprint density at radius 1 is 0.200 bits per heavy atom. The molecule has 0 aliphatic rings. The SMILES string of the molecule is Cc1cc(C)cc(N(c2ccccc2)c2ccc3c(c2)c2ccccc2n3-c2ccc(-c3c4ccccc4c(-c4ccc(-c5ccccc5C)cc4)c4ccccc34)cc2)c1.Cc1cccc(C)c1N(c1ccccc1)c1ccc2c(c1)c1ccccc1n2-c1ccc(-c2c3ccccc3c(-c3ccc(-c4ccc(C(C)(C)C)cc4)cc3)c3ccccc23)cc1. The van der Waals surface area contributed by atoms with Crippen LogP contribution in [0.2, 0.25) is 0 Å². The fraction of sp³-hybridized carbons (Fsp3) is 0.0744. The molecule has 2 aromatic heterocycles. The van der Waals surface area contributed by atoms with Crippen molar-refractivity contribution < 1.29 is 0 Å². The van der Waals surface area contributed by atoms with Crippen molar-refractivity contribution in [3.05, 3.63) is 458 Å². The summed E-state index contributed by atoms with van der Waals surface area (Å²) in [5, 5.41) is 15.0. The molecule has 0 unspecified atom stereocenters. The van der Waals surface area contributed by atoms with Crippen molar-refractivity contribution in [2.24, 2.45) is 0 Å².